The lowest BCUT2D eigenvalue weighted by atomic mass is 10.1. The van der Waals surface area contributed by atoms with Crippen molar-refractivity contribution < 1.29 is 14.3 Å². The normalized spacial score (nSPS) is 14.7. The number of amides is 3. The largest absolute Gasteiger partial charge is 0.487 e. The Morgan fingerprint density at radius 2 is 1.62 bits per heavy atom. The van der Waals surface area contributed by atoms with Crippen LogP contribution >= 0.6 is 45.2 Å². The summed E-state index contributed by atoms with van der Waals surface area (Å²) in [5.74, 6) is 0.478. The highest BCUT2D eigenvalue weighted by Gasteiger charge is 2.33. The standard InChI is InChI=1S/C25H20I2N2O3/c1-16-6-5-9-18(10-16)15-32-23-20(26)11-19(12-21(23)27)13-22-24(30)29(25(31)28-22)14-17-7-3-2-4-8-17/h2-13H,14-15H2,1H3,(H,28,31)/b22-13+. The fraction of sp³-hybridized carbons (Fsp3) is 0.120. The van der Waals surface area contributed by atoms with Crippen LogP contribution in [-0.4, -0.2) is 16.8 Å². The van der Waals surface area contributed by atoms with Gasteiger partial charge in [0.2, 0.25) is 0 Å². The Morgan fingerprint density at radius 3 is 2.31 bits per heavy atom. The number of ether oxygens (including phenoxy) is 1. The van der Waals surface area contributed by atoms with Crippen molar-refractivity contribution in [2.45, 2.75) is 20.1 Å². The third-order valence-corrected chi connectivity index (χ3v) is 6.55. The van der Waals surface area contributed by atoms with Crippen molar-refractivity contribution in [1.82, 2.24) is 10.2 Å². The first-order chi connectivity index (χ1) is 15.4. The number of urea groups is 1. The van der Waals surface area contributed by atoms with E-state index < -0.39 is 6.03 Å². The van der Waals surface area contributed by atoms with Gasteiger partial charge >= 0.3 is 6.03 Å². The second-order valence-corrected chi connectivity index (χ2v) is 9.78. The molecule has 32 heavy (non-hydrogen) atoms. The summed E-state index contributed by atoms with van der Waals surface area (Å²) in [6.45, 7) is 2.78. The average Bonchev–Trinajstić information content (AvgIpc) is 3.01. The molecule has 0 unspecified atom stereocenters. The fourth-order valence-electron chi connectivity index (χ4n) is 3.41. The van der Waals surface area contributed by atoms with Gasteiger partial charge in [0.25, 0.3) is 5.91 Å². The number of rotatable bonds is 6. The molecule has 3 amide bonds. The Bertz CT molecular complexity index is 1190. The van der Waals surface area contributed by atoms with Crippen molar-refractivity contribution in [1.29, 1.82) is 0 Å². The van der Waals surface area contributed by atoms with E-state index in [1.54, 1.807) is 6.08 Å². The molecule has 0 atom stereocenters. The summed E-state index contributed by atoms with van der Waals surface area (Å²) in [4.78, 5) is 26.4. The molecule has 5 nitrogen and oxygen atoms in total. The number of halogens is 2. The Balaban J connectivity index is 1.50. The van der Waals surface area contributed by atoms with Crippen LogP contribution in [0, 0.1) is 14.1 Å². The molecule has 162 valence electrons. The van der Waals surface area contributed by atoms with Gasteiger partial charge in [-0.1, -0.05) is 60.2 Å². The summed E-state index contributed by atoms with van der Waals surface area (Å²) >= 11 is 4.47. The zero-order valence-corrected chi connectivity index (χ0v) is 21.6. The highest BCUT2D eigenvalue weighted by atomic mass is 127. The first kappa shape index (κ1) is 22.8. The van der Waals surface area contributed by atoms with Gasteiger partial charge < -0.3 is 10.1 Å². The molecule has 0 bridgehead atoms. The van der Waals surface area contributed by atoms with E-state index in [4.69, 9.17) is 4.74 Å². The molecule has 0 aliphatic carbocycles. The highest BCUT2D eigenvalue weighted by molar-refractivity contribution is 14.1. The van der Waals surface area contributed by atoms with Gasteiger partial charge in [-0.25, -0.2) is 4.79 Å². The third-order valence-electron chi connectivity index (χ3n) is 4.94. The Kier molecular flexibility index (Phi) is 7.14. The highest BCUT2D eigenvalue weighted by Crippen LogP contribution is 2.31. The first-order valence-electron chi connectivity index (χ1n) is 9.96. The Hall–Kier alpha value is -2.40. The second kappa shape index (κ2) is 10.0. The van der Waals surface area contributed by atoms with Crippen molar-refractivity contribution in [3.8, 4) is 5.75 Å². The zero-order chi connectivity index (χ0) is 22.7. The molecule has 4 rings (SSSR count). The number of imide groups is 1. The summed E-state index contributed by atoms with van der Waals surface area (Å²) < 4.78 is 7.95. The molecule has 1 fully saturated rings. The lowest BCUT2D eigenvalue weighted by molar-refractivity contribution is -0.123. The molecule has 7 heteroatoms. The number of carbonyl (C=O) groups is 2. The van der Waals surface area contributed by atoms with Crippen molar-refractivity contribution in [3.05, 3.63) is 102 Å². The first-order valence-corrected chi connectivity index (χ1v) is 12.1. The van der Waals surface area contributed by atoms with Crippen LogP contribution in [0.5, 0.6) is 5.75 Å². The van der Waals surface area contributed by atoms with Crippen LogP contribution in [0.2, 0.25) is 0 Å². The quantitative estimate of drug-likeness (QED) is 0.206. The summed E-state index contributed by atoms with van der Waals surface area (Å²) in [6, 6.07) is 21.2. The van der Waals surface area contributed by atoms with E-state index >= 15 is 0 Å². The predicted molar refractivity (Wildman–Crippen MR) is 141 cm³/mol. The lowest BCUT2D eigenvalue weighted by Crippen LogP contribution is -2.30. The van der Waals surface area contributed by atoms with E-state index in [0.29, 0.717) is 6.61 Å². The Labute approximate surface area is 214 Å². The van der Waals surface area contributed by atoms with Crippen LogP contribution in [0.25, 0.3) is 6.08 Å². The maximum Gasteiger partial charge on any atom is 0.329 e. The van der Waals surface area contributed by atoms with Crippen LogP contribution in [0.1, 0.15) is 22.3 Å². The summed E-state index contributed by atoms with van der Waals surface area (Å²) in [5.41, 5.74) is 4.30. The predicted octanol–water partition coefficient (Wildman–Crippen LogP) is 5.88. The van der Waals surface area contributed by atoms with Gasteiger partial charge in [0, 0.05) is 0 Å². The fourth-order valence-corrected chi connectivity index (χ4v) is 5.53. The minimum atomic E-state index is -0.410. The summed E-state index contributed by atoms with van der Waals surface area (Å²) in [5, 5.41) is 2.69. The number of hydrogen-bond donors (Lipinski definition) is 1. The van der Waals surface area contributed by atoms with Crippen LogP contribution in [-0.2, 0) is 17.9 Å². The number of hydrogen-bond acceptors (Lipinski definition) is 3. The number of nitrogens with one attached hydrogen (secondary N) is 1. The number of benzene rings is 3. The van der Waals surface area contributed by atoms with Crippen molar-refractivity contribution in [3.63, 3.8) is 0 Å². The summed E-state index contributed by atoms with van der Waals surface area (Å²) in [6.07, 6.45) is 1.71. The van der Waals surface area contributed by atoms with Crippen LogP contribution in [0.4, 0.5) is 4.79 Å². The van der Waals surface area contributed by atoms with Crippen molar-refractivity contribution in [2.24, 2.45) is 0 Å². The van der Waals surface area contributed by atoms with Gasteiger partial charge in [0.15, 0.2) is 0 Å². The SMILES string of the molecule is Cc1cccc(COc2c(I)cc(/C=C3/NC(=O)N(Cc4ccccc4)C3=O)cc2I)c1. The smallest absolute Gasteiger partial charge is 0.329 e. The maximum atomic E-state index is 12.8. The molecule has 1 aliphatic rings. The van der Waals surface area contributed by atoms with E-state index in [0.717, 1.165) is 29.6 Å². The van der Waals surface area contributed by atoms with Crippen molar-refractivity contribution in [2.75, 3.05) is 0 Å². The van der Waals surface area contributed by atoms with Gasteiger partial charge in [-0.3, -0.25) is 9.69 Å². The number of carbonyl (C=O) groups excluding carboxylic acids is 2. The van der Waals surface area contributed by atoms with E-state index in [1.807, 2.05) is 54.6 Å². The van der Waals surface area contributed by atoms with Gasteiger partial charge in [0.1, 0.15) is 18.1 Å². The molecule has 0 radical (unpaired) electrons. The molecule has 1 saturated heterocycles. The molecular formula is C25H20I2N2O3. The average molecular weight is 650 g/mol. The molecule has 0 spiro atoms. The van der Waals surface area contributed by atoms with Crippen LogP contribution in [0.3, 0.4) is 0 Å². The maximum absolute atomic E-state index is 12.8. The molecule has 0 saturated carbocycles. The number of aryl methyl sites for hydroxylation is 1. The molecule has 0 aromatic heterocycles. The minimum absolute atomic E-state index is 0.240. The van der Waals surface area contributed by atoms with E-state index in [9.17, 15) is 9.59 Å². The monoisotopic (exact) mass is 650 g/mol. The van der Waals surface area contributed by atoms with Crippen LogP contribution < -0.4 is 10.1 Å². The number of nitrogens with zero attached hydrogens (tertiary/aromatic N) is 1. The molecule has 1 aliphatic heterocycles. The van der Waals surface area contributed by atoms with E-state index in [1.165, 1.54) is 10.5 Å². The topological polar surface area (TPSA) is 58.6 Å². The van der Waals surface area contributed by atoms with Gasteiger partial charge in [-0.15, -0.1) is 0 Å². The molecule has 3 aromatic carbocycles. The second-order valence-electron chi connectivity index (χ2n) is 7.46. The zero-order valence-electron chi connectivity index (χ0n) is 17.3. The van der Waals surface area contributed by atoms with Gasteiger partial charge in [0.05, 0.1) is 13.7 Å². The van der Waals surface area contributed by atoms with E-state index in [-0.39, 0.29) is 18.1 Å². The lowest BCUT2D eigenvalue weighted by Gasteiger charge is -2.12. The molecular weight excluding hydrogens is 630 g/mol. The van der Waals surface area contributed by atoms with E-state index in [2.05, 4.69) is 69.6 Å². The van der Waals surface area contributed by atoms with Crippen LogP contribution in [0.15, 0.2) is 72.4 Å². The van der Waals surface area contributed by atoms with Gasteiger partial charge in [-0.05, 0) is 87.0 Å². The molecule has 1 heterocycles. The third kappa shape index (κ3) is 5.32. The minimum Gasteiger partial charge on any atom is -0.487 e. The Morgan fingerprint density at radius 1 is 0.938 bits per heavy atom. The molecule has 3 aromatic rings. The van der Waals surface area contributed by atoms with Crippen molar-refractivity contribution >= 4 is 63.2 Å². The summed E-state index contributed by atoms with van der Waals surface area (Å²) in [7, 11) is 0. The molecule has 1 N–H and O–H groups in total. The van der Waals surface area contributed by atoms with Gasteiger partial charge in [-0.2, -0.15) is 0 Å².